The first kappa shape index (κ1) is 14.5. The third kappa shape index (κ3) is 2.96. The highest BCUT2D eigenvalue weighted by Gasteiger charge is 2.14. The fraction of sp³-hybridized carbons (Fsp3) is 0.188. The Hall–Kier alpha value is -1.94. The summed E-state index contributed by atoms with van der Waals surface area (Å²) in [5.41, 5.74) is 8.84. The smallest absolute Gasteiger partial charge is 0.135 e. The van der Waals surface area contributed by atoms with Crippen LogP contribution in [0.15, 0.2) is 42.5 Å². The van der Waals surface area contributed by atoms with Crippen molar-refractivity contribution in [2.75, 3.05) is 5.32 Å². The van der Waals surface area contributed by atoms with Crippen molar-refractivity contribution in [2.45, 2.75) is 19.9 Å². The molecule has 0 aliphatic heterocycles. The minimum atomic E-state index is -0.403. The first-order valence-electron chi connectivity index (χ1n) is 6.41. The zero-order valence-corrected chi connectivity index (χ0v) is 12.3. The zero-order chi connectivity index (χ0) is 14.7. The Balaban J connectivity index is 2.33. The molecule has 0 aliphatic carbocycles. The van der Waals surface area contributed by atoms with Crippen molar-refractivity contribution in [3.63, 3.8) is 0 Å². The van der Waals surface area contributed by atoms with Gasteiger partial charge in [-0.1, -0.05) is 42.5 Å². The lowest BCUT2D eigenvalue weighted by atomic mass is 10.0. The second-order valence-corrected chi connectivity index (χ2v) is 5.19. The van der Waals surface area contributed by atoms with Gasteiger partial charge in [-0.2, -0.15) is 0 Å². The maximum Gasteiger partial charge on any atom is 0.135 e. The van der Waals surface area contributed by atoms with Crippen LogP contribution >= 0.6 is 12.2 Å². The number of nitrogens with two attached hydrogens (primary N) is 1. The highest BCUT2D eigenvalue weighted by molar-refractivity contribution is 7.80. The van der Waals surface area contributed by atoms with Gasteiger partial charge in [-0.25, -0.2) is 4.39 Å². The predicted octanol–water partition coefficient (Wildman–Crippen LogP) is 3.94. The molecular weight excluding hydrogens is 271 g/mol. The minimum Gasteiger partial charge on any atom is -0.389 e. The Bertz CT molecular complexity index is 640. The molecule has 2 aromatic rings. The topological polar surface area (TPSA) is 38.0 Å². The minimum absolute atomic E-state index is 0.0334. The van der Waals surface area contributed by atoms with Crippen LogP contribution in [0.5, 0.6) is 0 Å². The van der Waals surface area contributed by atoms with Crippen LogP contribution in [0.25, 0.3) is 0 Å². The summed E-state index contributed by atoms with van der Waals surface area (Å²) < 4.78 is 13.8. The van der Waals surface area contributed by atoms with Crippen LogP contribution in [0.2, 0.25) is 0 Å². The van der Waals surface area contributed by atoms with Gasteiger partial charge in [0.1, 0.15) is 10.8 Å². The Kier molecular flexibility index (Phi) is 4.35. The largest absolute Gasteiger partial charge is 0.389 e. The Labute approximate surface area is 123 Å². The van der Waals surface area contributed by atoms with E-state index in [2.05, 4.69) is 5.32 Å². The molecule has 0 saturated heterocycles. The quantitative estimate of drug-likeness (QED) is 0.837. The van der Waals surface area contributed by atoms with Crippen LogP contribution in [0, 0.1) is 12.7 Å². The fourth-order valence-corrected chi connectivity index (χ4v) is 2.49. The first-order chi connectivity index (χ1) is 9.50. The van der Waals surface area contributed by atoms with Gasteiger partial charge in [0.15, 0.2) is 0 Å². The average molecular weight is 288 g/mol. The van der Waals surface area contributed by atoms with Crippen molar-refractivity contribution in [3.05, 3.63) is 65.0 Å². The van der Waals surface area contributed by atoms with Gasteiger partial charge in [-0.05, 0) is 37.1 Å². The van der Waals surface area contributed by atoms with Gasteiger partial charge in [0, 0.05) is 11.7 Å². The molecule has 0 fully saturated rings. The van der Waals surface area contributed by atoms with E-state index in [-0.39, 0.29) is 16.6 Å². The van der Waals surface area contributed by atoms with Crippen molar-refractivity contribution in [1.82, 2.24) is 0 Å². The lowest BCUT2D eigenvalue weighted by Crippen LogP contribution is -2.17. The second kappa shape index (κ2) is 6.01. The summed E-state index contributed by atoms with van der Waals surface area (Å²) in [4.78, 5) is 0.0579. The molecule has 0 spiro atoms. The lowest BCUT2D eigenvalue weighted by molar-refractivity contribution is 0.625. The number of benzene rings is 2. The number of thiocarbonyl (C=S) groups is 1. The SMILES string of the molecule is Cc1ccccc1C(C)Nc1cccc(F)c1C(N)=S. The third-order valence-electron chi connectivity index (χ3n) is 3.29. The molecule has 4 heteroatoms. The van der Waals surface area contributed by atoms with Crippen LogP contribution < -0.4 is 11.1 Å². The van der Waals surface area contributed by atoms with Gasteiger partial charge in [0.05, 0.1) is 5.56 Å². The molecule has 3 N–H and O–H groups in total. The maximum absolute atomic E-state index is 13.8. The summed E-state index contributed by atoms with van der Waals surface area (Å²) in [5, 5.41) is 3.28. The molecule has 1 unspecified atom stereocenters. The fourth-order valence-electron chi connectivity index (χ4n) is 2.28. The average Bonchev–Trinajstić information content (AvgIpc) is 2.38. The van der Waals surface area contributed by atoms with E-state index in [4.69, 9.17) is 18.0 Å². The summed E-state index contributed by atoms with van der Waals surface area (Å²) in [6.45, 7) is 4.07. The number of aryl methyl sites for hydroxylation is 1. The van der Waals surface area contributed by atoms with Crippen LogP contribution in [-0.4, -0.2) is 4.99 Å². The van der Waals surface area contributed by atoms with Crippen LogP contribution in [0.1, 0.15) is 29.7 Å². The molecule has 2 nitrogen and oxygen atoms in total. The molecule has 0 amide bonds. The normalized spacial score (nSPS) is 11.9. The number of halogens is 1. The molecular formula is C16H17FN2S. The molecule has 1 atom stereocenters. The van der Waals surface area contributed by atoms with E-state index in [0.717, 1.165) is 5.56 Å². The number of hydrogen-bond acceptors (Lipinski definition) is 2. The first-order valence-corrected chi connectivity index (χ1v) is 6.82. The summed E-state index contributed by atoms with van der Waals surface area (Å²) in [6.07, 6.45) is 0. The van der Waals surface area contributed by atoms with Crippen LogP contribution in [0.3, 0.4) is 0 Å². The van der Waals surface area contributed by atoms with Crippen LogP contribution in [0.4, 0.5) is 10.1 Å². The standard InChI is InChI=1S/C16H17FN2S/c1-10-6-3-4-7-12(10)11(2)19-14-9-5-8-13(17)15(14)16(18)20/h3-9,11,19H,1-2H3,(H2,18,20). The van der Waals surface area contributed by atoms with Gasteiger partial charge in [-0.3, -0.25) is 0 Å². The molecule has 20 heavy (non-hydrogen) atoms. The highest BCUT2D eigenvalue weighted by Crippen LogP contribution is 2.25. The summed E-state index contributed by atoms with van der Waals surface area (Å²) in [6, 6.07) is 12.9. The third-order valence-corrected chi connectivity index (χ3v) is 3.49. The number of nitrogens with one attached hydrogen (secondary N) is 1. The van der Waals surface area contributed by atoms with E-state index in [1.54, 1.807) is 12.1 Å². The molecule has 0 aromatic heterocycles. The molecule has 0 bridgehead atoms. The van der Waals surface area contributed by atoms with Gasteiger partial charge in [0.2, 0.25) is 0 Å². The van der Waals surface area contributed by atoms with E-state index in [9.17, 15) is 4.39 Å². The van der Waals surface area contributed by atoms with E-state index in [1.807, 2.05) is 38.1 Å². The summed E-state index contributed by atoms with van der Waals surface area (Å²) in [5.74, 6) is -0.403. The van der Waals surface area contributed by atoms with Gasteiger partial charge in [-0.15, -0.1) is 0 Å². The van der Waals surface area contributed by atoms with Crippen molar-refractivity contribution in [1.29, 1.82) is 0 Å². The van der Waals surface area contributed by atoms with E-state index >= 15 is 0 Å². The number of anilines is 1. The molecule has 0 radical (unpaired) electrons. The van der Waals surface area contributed by atoms with Gasteiger partial charge in [0.25, 0.3) is 0 Å². The summed E-state index contributed by atoms with van der Waals surface area (Å²) >= 11 is 4.93. The summed E-state index contributed by atoms with van der Waals surface area (Å²) in [7, 11) is 0. The monoisotopic (exact) mass is 288 g/mol. The molecule has 0 saturated carbocycles. The zero-order valence-electron chi connectivity index (χ0n) is 11.5. The Morgan fingerprint density at radius 3 is 2.55 bits per heavy atom. The van der Waals surface area contributed by atoms with Gasteiger partial charge >= 0.3 is 0 Å². The highest BCUT2D eigenvalue weighted by atomic mass is 32.1. The predicted molar refractivity (Wildman–Crippen MR) is 85.5 cm³/mol. The van der Waals surface area contributed by atoms with Crippen molar-refractivity contribution in [2.24, 2.45) is 5.73 Å². The maximum atomic E-state index is 13.8. The lowest BCUT2D eigenvalue weighted by Gasteiger charge is -2.20. The number of hydrogen-bond donors (Lipinski definition) is 2. The molecule has 0 aliphatic rings. The van der Waals surface area contributed by atoms with Crippen molar-refractivity contribution < 1.29 is 4.39 Å². The molecule has 2 aromatic carbocycles. The van der Waals surface area contributed by atoms with E-state index in [0.29, 0.717) is 5.69 Å². The van der Waals surface area contributed by atoms with Crippen molar-refractivity contribution >= 4 is 22.9 Å². The Morgan fingerprint density at radius 2 is 1.90 bits per heavy atom. The van der Waals surface area contributed by atoms with Crippen LogP contribution in [-0.2, 0) is 0 Å². The van der Waals surface area contributed by atoms with E-state index < -0.39 is 5.82 Å². The molecule has 2 rings (SSSR count). The molecule has 104 valence electrons. The van der Waals surface area contributed by atoms with E-state index in [1.165, 1.54) is 11.6 Å². The second-order valence-electron chi connectivity index (χ2n) is 4.75. The number of rotatable bonds is 4. The molecule has 0 heterocycles. The van der Waals surface area contributed by atoms with Gasteiger partial charge < -0.3 is 11.1 Å². The van der Waals surface area contributed by atoms with Crippen molar-refractivity contribution in [3.8, 4) is 0 Å². The Morgan fingerprint density at radius 1 is 1.20 bits per heavy atom.